The van der Waals surface area contributed by atoms with Crippen molar-refractivity contribution in [3.05, 3.63) is 71.8 Å². The van der Waals surface area contributed by atoms with Crippen molar-refractivity contribution in [2.75, 3.05) is 26.2 Å². The monoisotopic (exact) mass is 379 g/mol. The molecule has 0 aliphatic carbocycles. The first-order valence-electron chi connectivity index (χ1n) is 10.1. The predicted octanol–water partition coefficient (Wildman–Crippen LogP) is 3.52. The van der Waals surface area contributed by atoms with Gasteiger partial charge in [0.1, 0.15) is 0 Å². The molecule has 2 aromatic rings. The zero-order valence-electron chi connectivity index (χ0n) is 16.3. The van der Waals surface area contributed by atoms with E-state index < -0.39 is 0 Å². The van der Waals surface area contributed by atoms with Gasteiger partial charge in [0.05, 0.1) is 0 Å². The number of benzene rings is 2. The van der Waals surface area contributed by atoms with E-state index in [0.29, 0.717) is 19.5 Å². The average Bonchev–Trinajstić information content (AvgIpc) is 3.27. The molecule has 0 unspecified atom stereocenters. The van der Waals surface area contributed by atoms with Crippen LogP contribution >= 0.6 is 0 Å². The Labute approximate surface area is 167 Å². The number of nitrogens with zero attached hydrogens (tertiary/aromatic N) is 1. The van der Waals surface area contributed by atoms with E-state index in [2.05, 4.69) is 34.9 Å². The average molecular weight is 380 g/mol. The molecule has 3 amide bonds. The molecule has 0 spiro atoms. The number of hydrogen-bond acceptors (Lipinski definition) is 2. The number of carbonyl (C=O) groups excluding carboxylic acids is 2. The molecular weight excluding hydrogens is 350 g/mol. The minimum atomic E-state index is -0.214. The van der Waals surface area contributed by atoms with Crippen LogP contribution in [0.15, 0.2) is 60.7 Å². The predicted molar refractivity (Wildman–Crippen MR) is 111 cm³/mol. The molecule has 28 heavy (non-hydrogen) atoms. The summed E-state index contributed by atoms with van der Waals surface area (Å²) in [5.41, 5.74) is 2.49. The summed E-state index contributed by atoms with van der Waals surface area (Å²) in [7, 11) is 0. The zero-order valence-corrected chi connectivity index (χ0v) is 16.3. The van der Waals surface area contributed by atoms with E-state index in [4.69, 9.17) is 0 Å². The van der Waals surface area contributed by atoms with E-state index in [1.807, 2.05) is 41.3 Å². The van der Waals surface area contributed by atoms with E-state index >= 15 is 0 Å². The number of rotatable bonds is 8. The van der Waals surface area contributed by atoms with Crippen LogP contribution in [-0.4, -0.2) is 43.0 Å². The van der Waals surface area contributed by atoms with Crippen LogP contribution in [-0.2, 0) is 4.79 Å². The van der Waals surface area contributed by atoms with Gasteiger partial charge in [0.2, 0.25) is 5.91 Å². The van der Waals surface area contributed by atoms with Gasteiger partial charge in [-0.2, -0.15) is 0 Å². The molecule has 1 aliphatic heterocycles. The van der Waals surface area contributed by atoms with Gasteiger partial charge >= 0.3 is 6.03 Å². The molecule has 0 bridgehead atoms. The number of urea groups is 1. The quantitative estimate of drug-likeness (QED) is 0.737. The van der Waals surface area contributed by atoms with Crippen LogP contribution < -0.4 is 10.6 Å². The largest absolute Gasteiger partial charge is 0.343 e. The van der Waals surface area contributed by atoms with Gasteiger partial charge in [-0.25, -0.2) is 4.79 Å². The van der Waals surface area contributed by atoms with Crippen molar-refractivity contribution in [1.82, 2.24) is 15.5 Å². The maximum atomic E-state index is 12.1. The number of likely N-dealkylation sites (tertiary alicyclic amines) is 1. The molecule has 0 atom stereocenters. The molecule has 1 fully saturated rings. The summed E-state index contributed by atoms with van der Waals surface area (Å²) in [6.07, 6.45) is 3.35. The Morgan fingerprint density at radius 3 is 1.93 bits per heavy atom. The van der Waals surface area contributed by atoms with Gasteiger partial charge in [0, 0.05) is 38.5 Å². The van der Waals surface area contributed by atoms with Crippen LogP contribution in [0.1, 0.15) is 42.7 Å². The van der Waals surface area contributed by atoms with E-state index in [1.165, 1.54) is 11.1 Å². The highest BCUT2D eigenvalue weighted by molar-refractivity contribution is 5.78. The molecule has 2 N–H and O–H groups in total. The topological polar surface area (TPSA) is 61.4 Å². The Bertz CT molecular complexity index is 703. The van der Waals surface area contributed by atoms with Gasteiger partial charge in [0.15, 0.2) is 0 Å². The summed E-state index contributed by atoms with van der Waals surface area (Å²) < 4.78 is 0. The normalized spacial score (nSPS) is 13.5. The van der Waals surface area contributed by atoms with E-state index in [-0.39, 0.29) is 17.9 Å². The highest BCUT2D eigenvalue weighted by Gasteiger charge is 2.17. The van der Waals surface area contributed by atoms with Crippen molar-refractivity contribution in [3.63, 3.8) is 0 Å². The second-order valence-electron chi connectivity index (χ2n) is 7.18. The Hall–Kier alpha value is -2.82. The Kier molecular flexibility index (Phi) is 7.47. The Morgan fingerprint density at radius 2 is 1.36 bits per heavy atom. The third-order valence-electron chi connectivity index (χ3n) is 5.21. The molecule has 1 saturated heterocycles. The lowest BCUT2D eigenvalue weighted by Gasteiger charge is -2.19. The first-order chi connectivity index (χ1) is 13.7. The maximum Gasteiger partial charge on any atom is 0.314 e. The van der Waals surface area contributed by atoms with Crippen molar-refractivity contribution in [1.29, 1.82) is 0 Å². The first kappa shape index (κ1) is 19.9. The van der Waals surface area contributed by atoms with E-state index in [1.54, 1.807) is 0 Å². The summed E-state index contributed by atoms with van der Waals surface area (Å²) in [4.78, 5) is 25.9. The van der Waals surface area contributed by atoms with Gasteiger partial charge in [0.25, 0.3) is 0 Å². The van der Waals surface area contributed by atoms with Crippen molar-refractivity contribution in [2.45, 2.75) is 31.6 Å². The molecule has 5 heteroatoms. The van der Waals surface area contributed by atoms with Gasteiger partial charge in [-0.3, -0.25) is 4.79 Å². The molecule has 0 radical (unpaired) electrons. The van der Waals surface area contributed by atoms with Crippen LogP contribution in [0.3, 0.4) is 0 Å². The summed E-state index contributed by atoms with van der Waals surface area (Å²) in [5.74, 6) is 0.366. The standard InChI is InChI=1S/C23H29N3O2/c27-22(26-17-7-8-18-26)14-16-25-23(28)24-15-13-21(19-9-3-1-4-10-19)20-11-5-2-6-12-20/h1-6,9-12,21H,7-8,13-18H2,(H2,24,25,28). The van der Waals surface area contributed by atoms with Crippen LogP contribution in [0.5, 0.6) is 0 Å². The SMILES string of the molecule is O=C(NCCC(=O)N1CCCC1)NCCC(c1ccccc1)c1ccccc1. The summed E-state index contributed by atoms with van der Waals surface area (Å²) in [6.45, 7) is 2.65. The molecule has 2 aromatic carbocycles. The van der Waals surface area contributed by atoms with Crippen molar-refractivity contribution in [2.24, 2.45) is 0 Å². The highest BCUT2D eigenvalue weighted by Crippen LogP contribution is 2.27. The lowest BCUT2D eigenvalue weighted by atomic mass is 9.88. The third-order valence-corrected chi connectivity index (χ3v) is 5.21. The molecule has 1 aliphatic rings. The number of hydrogen-bond donors (Lipinski definition) is 2. The summed E-state index contributed by atoms with van der Waals surface area (Å²) >= 11 is 0. The lowest BCUT2D eigenvalue weighted by Crippen LogP contribution is -2.39. The molecular formula is C23H29N3O2. The molecule has 3 rings (SSSR count). The zero-order chi connectivity index (χ0) is 19.6. The van der Waals surface area contributed by atoms with E-state index in [0.717, 1.165) is 32.4 Å². The van der Waals surface area contributed by atoms with Crippen LogP contribution in [0.25, 0.3) is 0 Å². The maximum absolute atomic E-state index is 12.1. The highest BCUT2D eigenvalue weighted by atomic mass is 16.2. The Morgan fingerprint density at radius 1 is 0.821 bits per heavy atom. The fourth-order valence-electron chi connectivity index (χ4n) is 3.70. The van der Waals surface area contributed by atoms with Crippen molar-refractivity contribution in [3.8, 4) is 0 Å². The van der Waals surface area contributed by atoms with Crippen molar-refractivity contribution < 1.29 is 9.59 Å². The first-order valence-corrected chi connectivity index (χ1v) is 10.1. The third kappa shape index (κ3) is 5.84. The van der Waals surface area contributed by atoms with Crippen molar-refractivity contribution >= 4 is 11.9 Å². The second kappa shape index (κ2) is 10.5. The molecule has 0 aromatic heterocycles. The fourth-order valence-corrected chi connectivity index (χ4v) is 3.70. The summed E-state index contributed by atoms with van der Waals surface area (Å²) in [6, 6.07) is 20.5. The molecule has 0 saturated carbocycles. The minimum absolute atomic E-state index is 0.131. The second-order valence-corrected chi connectivity index (χ2v) is 7.18. The number of nitrogens with one attached hydrogen (secondary N) is 2. The molecule has 148 valence electrons. The number of carbonyl (C=O) groups is 2. The van der Waals surface area contributed by atoms with Gasteiger partial charge in [-0.15, -0.1) is 0 Å². The minimum Gasteiger partial charge on any atom is -0.343 e. The lowest BCUT2D eigenvalue weighted by molar-refractivity contribution is -0.129. The van der Waals surface area contributed by atoms with Crippen LogP contribution in [0.4, 0.5) is 4.79 Å². The van der Waals surface area contributed by atoms with Crippen LogP contribution in [0.2, 0.25) is 0 Å². The van der Waals surface area contributed by atoms with Gasteiger partial charge in [-0.05, 0) is 30.4 Å². The summed E-state index contributed by atoms with van der Waals surface area (Å²) in [5, 5.41) is 5.71. The smallest absolute Gasteiger partial charge is 0.314 e. The Balaban J connectivity index is 1.43. The van der Waals surface area contributed by atoms with Gasteiger partial charge < -0.3 is 15.5 Å². The van der Waals surface area contributed by atoms with Gasteiger partial charge in [-0.1, -0.05) is 60.7 Å². The van der Waals surface area contributed by atoms with E-state index in [9.17, 15) is 9.59 Å². The van der Waals surface area contributed by atoms with Crippen LogP contribution in [0, 0.1) is 0 Å². The number of amides is 3. The molecule has 5 nitrogen and oxygen atoms in total. The molecule has 1 heterocycles. The fraction of sp³-hybridized carbons (Fsp3) is 0.391.